The fraction of sp³-hybridized carbons (Fsp3) is 0.294. The lowest BCUT2D eigenvalue weighted by molar-refractivity contribution is -0.384. The molecule has 2 atom stereocenters. The maximum Gasteiger partial charge on any atom is 0.269 e. The van der Waals surface area contributed by atoms with Gasteiger partial charge in [0.05, 0.1) is 11.0 Å². The van der Waals surface area contributed by atoms with Crippen molar-refractivity contribution in [3.05, 3.63) is 63.2 Å². The number of benzene rings is 2. The van der Waals surface area contributed by atoms with Crippen LogP contribution in [-0.4, -0.2) is 17.8 Å². The van der Waals surface area contributed by atoms with Crippen LogP contribution in [0.2, 0.25) is 0 Å². The van der Waals surface area contributed by atoms with Crippen molar-refractivity contribution in [3.63, 3.8) is 0 Å². The first-order chi connectivity index (χ1) is 11.1. The molecular weight excluding hydrogens is 298 g/mol. The van der Waals surface area contributed by atoms with Crippen molar-refractivity contribution in [1.82, 2.24) is 0 Å². The quantitative estimate of drug-likeness (QED) is 0.628. The van der Waals surface area contributed by atoms with Crippen molar-refractivity contribution in [2.75, 3.05) is 6.79 Å². The third-order valence-electron chi connectivity index (χ3n) is 4.20. The molecule has 2 aromatic rings. The normalized spacial score (nSPS) is 21.8. The van der Waals surface area contributed by atoms with E-state index in [0.717, 1.165) is 28.9 Å². The van der Waals surface area contributed by atoms with Gasteiger partial charge in [-0.15, -0.1) is 0 Å². The Morgan fingerprint density at radius 3 is 2.52 bits per heavy atom. The summed E-state index contributed by atoms with van der Waals surface area (Å²) in [5.41, 5.74) is 3.16. The van der Waals surface area contributed by atoms with Gasteiger partial charge in [0.25, 0.3) is 5.69 Å². The fourth-order valence-corrected chi connectivity index (χ4v) is 3.11. The first-order valence-electron chi connectivity index (χ1n) is 7.44. The van der Waals surface area contributed by atoms with E-state index in [2.05, 4.69) is 0 Å². The van der Waals surface area contributed by atoms with Crippen LogP contribution in [0.3, 0.4) is 0 Å². The highest BCUT2D eigenvalue weighted by Crippen LogP contribution is 2.43. The van der Waals surface area contributed by atoms with E-state index in [-0.39, 0.29) is 24.7 Å². The number of nitro groups is 1. The number of nitrogens with zero attached hydrogens (tertiary/aromatic N) is 1. The molecule has 0 aromatic heterocycles. The summed E-state index contributed by atoms with van der Waals surface area (Å²) in [4.78, 5) is 10.4. The standard InChI is InChI=1S/C17H15NO5/c1-10-6-12-7-15-16(22-9-21-15)8-14(12)17(23-10)11-2-4-13(5-3-11)18(19)20/h2-5,7-8,10,17H,6,9H2,1H3/t10-,17?/m1/s1. The zero-order chi connectivity index (χ0) is 16.0. The molecule has 0 amide bonds. The van der Waals surface area contributed by atoms with Gasteiger partial charge in [-0.2, -0.15) is 0 Å². The molecule has 0 fully saturated rings. The molecule has 0 bridgehead atoms. The molecule has 23 heavy (non-hydrogen) atoms. The van der Waals surface area contributed by atoms with Crippen LogP contribution >= 0.6 is 0 Å². The van der Waals surface area contributed by atoms with Crippen LogP contribution in [0.1, 0.15) is 29.7 Å². The Morgan fingerprint density at radius 2 is 1.83 bits per heavy atom. The number of hydrogen-bond acceptors (Lipinski definition) is 5. The van der Waals surface area contributed by atoms with E-state index in [4.69, 9.17) is 14.2 Å². The van der Waals surface area contributed by atoms with Gasteiger partial charge in [0.1, 0.15) is 6.10 Å². The van der Waals surface area contributed by atoms with Crippen LogP contribution < -0.4 is 9.47 Å². The van der Waals surface area contributed by atoms with Crippen molar-refractivity contribution in [3.8, 4) is 11.5 Å². The molecule has 0 radical (unpaired) electrons. The van der Waals surface area contributed by atoms with E-state index in [1.807, 2.05) is 19.1 Å². The lowest BCUT2D eigenvalue weighted by atomic mass is 9.90. The zero-order valence-corrected chi connectivity index (χ0v) is 12.5. The number of rotatable bonds is 2. The predicted molar refractivity (Wildman–Crippen MR) is 81.8 cm³/mol. The summed E-state index contributed by atoms with van der Waals surface area (Å²) in [5.74, 6) is 1.48. The highest BCUT2D eigenvalue weighted by atomic mass is 16.7. The number of hydrogen-bond donors (Lipinski definition) is 0. The molecule has 1 unspecified atom stereocenters. The summed E-state index contributed by atoms with van der Waals surface area (Å²) in [6.07, 6.45) is 0.599. The van der Waals surface area contributed by atoms with Gasteiger partial charge in [-0.3, -0.25) is 10.1 Å². The Labute approximate surface area is 132 Å². The molecule has 2 heterocycles. The van der Waals surface area contributed by atoms with Crippen molar-refractivity contribution in [2.24, 2.45) is 0 Å². The second-order valence-corrected chi connectivity index (χ2v) is 5.78. The molecule has 0 N–H and O–H groups in total. The third-order valence-corrected chi connectivity index (χ3v) is 4.20. The van der Waals surface area contributed by atoms with Crippen LogP contribution in [0.25, 0.3) is 0 Å². The first kappa shape index (κ1) is 14.0. The molecule has 0 saturated heterocycles. The molecule has 2 aliphatic rings. The van der Waals surface area contributed by atoms with Gasteiger partial charge >= 0.3 is 0 Å². The second-order valence-electron chi connectivity index (χ2n) is 5.78. The predicted octanol–water partition coefficient (Wildman–Crippen LogP) is 3.37. The third kappa shape index (κ3) is 2.41. The monoisotopic (exact) mass is 313 g/mol. The van der Waals surface area contributed by atoms with E-state index in [1.165, 1.54) is 12.1 Å². The Kier molecular flexibility index (Phi) is 3.20. The molecule has 6 nitrogen and oxygen atoms in total. The van der Waals surface area contributed by atoms with Crippen molar-refractivity contribution >= 4 is 5.69 Å². The Hall–Kier alpha value is -2.60. The first-order valence-corrected chi connectivity index (χ1v) is 7.44. The Balaban J connectivity index is 1.76. The van der Waals surface area contributed by atoms with Gasteiger partial charge in [-0.05, 0) is 54.3 Å². The molecule has 0 spiro atoms. The van der Waals surface area contributed by atoms with Crippen LogP contribution in [0.4, 0.5) is 5.69 Å². The molecule has 118 valence electrons. The summed E-state index contributed by atoms with van der Waals surface area (Å²) >= 11 is 0. The largest absolute Gasteiger partial charge is 0.454 e. The average Bonchev–Trinajstić information content (AvgIpc) is 2.99. The van der Waals surface area contributed by atoms with Gasteiger partial charge in [0.15, 0.2) is 11.5 Å². The Morgan fingerprint density at radius 1 is 1.13 bits per heavy atom. The van der Waals surface area contributed by atoms with E-state index in [0.29, 0.717) is 5.75 Å². The molecular formula is C17H15NO5. The highest BCUT2D eigenvalue weighted by molar-refractivity contribution is 5.52. The van der Waals surface area contributed by atoms with Crippen LogP contribution in [0.5, 0.6) is 11.5 Å². The fourth-order valence-electron chi connectivity index (χ4n) is 3.11. The van der Waals surface area contributed by atoms with Gasteiger partial charge in [-0.1, -0.05) is 0 Å². The van der Waals surface area contributed by atoms with E-state index in [9.17, 15) is 10.1 Å². The average molecular weight is 313 g/mol. The van der Waals surface area contributed by atoms with E-state index >= 15 is 0 Å². The lowest BCUT2D eigenvalue weighted by Gasteiger charge is -2.31. The molecule has 2 aliphatic heterocycles. The van der Waals surface area contributed by atoms with Crippen molar-refractivity contribution in [2.45, 2.75) is 25.6 Å². The minimum Gasteiger partial charge on any atom is -0.454 e. The minimum absolute atomic E-state index is 0.0584. The van der Waals surface area contributed by atoms with Crippen molar-refractivity contribution < 1.29 is 19.1 Å². The topological polar surface area (TPSA) is 70.8 Å². The molecule has 0 aliphatic carbocycles. The summed E-state index contributed by atoms with van der Waals surface area (Å²) in [7, 11) is 0. The highest BCUT2D eigenvalue weighted by Gasteiger charge is 2.30. The van der Waals surface area contributed by atoms with Gasteiger partial charge < -0.3 is 14.2 Å². The smallest absolute Gasteiger partial charge is 0.269 e. The van der Waals surface area contributed by atoms with Crippen LogP contribution in [-0.2, 0) is 11.2 Å². The molecule has 6 heteroatoms. The number of nitro benzene ring substituents is 1. The molecule has 2 aromatic carbocycles. The van der Waals surface area contributed by atoms with Gasteiger partial charge in [0.2, 0.25) is 6.79 Å². The van der Waals surface area contributed by atoms with Gasteiger partial charge in [-0.25, -0.2) is 0 Å². The van der Waals surface area contributed by atoms with Crippen LogP contribution in [0, 0.1) is 10.1 Å². The number of ether oxygens (including phenoxy) is 3. The second kappa shape index (κ2) is 5.24. The summed E-state index contributed by atoms with van der Waals surface area (Å²) < 4.78 is 17.0. The summed E-state index contributed by atoms with van der Waals surface area (Å²) in [6.45, 7) is 2.25. The maximum absolute atomic E-state index is 10.8. The minimum atomic E-state index is -0.403. The molecule has 0 saturated carbocycles. The molecule has 4 rings (SSSR count). The lowest BCUT2D eigenvalue weighted by Crippen LogP contribution is -2.24. The van der Waals surface area contributed by atoms with Gasteiger partial charge in [0, 0.05) is 12.1 Å². The van der Waals surface area contributed by atoms with E-state index < -0.39 is 4.92 Å². The number of fused-ring (bicyclic) bond motifs is 2. The zero-order valence-electron chi connectivity index (χ0n) is 12.5. The maximum atomic E-state index is 10.8. The Bertz CT molecular complexity index is 771. The van der Waals surface area contributed by atoms with Crippen molar-refractivity contribution in [1.29, 1.82) is 0 Å². The van der Waals surface area contributed by atoms with Crippen LogP contribution in [0.15, 0.2) is 36.4 Å². The van der Waals surface area contributed by atoms with E-state index in [1.54, 1.807) is 12.1 Å². The number of non-ortho nitro benzene ring substituents is 1. The SMILES string of the molecule is C[C@@H]1Cc2cc3c(cc2C(c2ccc([N+](=O)[O-])cc2)O1)OCO3. The summed E-state index contributed by atoms with van der Waals surface area (Å²) in [5, 5.41) is 10.8. The summed E-state index contributed by atoms with van der Waals surface area (Å²) in [6, 6.07) is 10.5.